The number of carbonyl (C=O) groups is 3. The van der Waals surface area contributed by atoms with Gasteiger partial charge in [-0.05, 0) is 41.6 Å². The summed E-state index contributed by atoms with van der Waals surface area (Å²) in [4.78, 5) is 37.3. The number of halogens is 2. The maximum Gasteiger partial charge on any atom is 0.293 e. The average molecular weight is 437 g/mol. The molecule has 28 heavy (non-hydrogen) atoms. The summed E-state index contributed by atoms with van der Waals surface area (Å²) in [6.07, 6.45) is 1.55. The molecule has 0 saturated carbocycles. The Morgan fingerprint density at radius 2 is 1.93 bits per heavy atom. The summed E-state index contributed by atoms with van der Waals surface area (Å²) in [6, 6.07) is 11.7. The number of imide groups is 1. The molecule has 0 aromatic heterocycles. The first-order chi connectivity index (χ1) is 13.3. The van der Waals surface area contributed by atoms with Gasteiger partial charge in [0.2, 0.25) is 0 Å². The molecule has 6 nitrogen and oxygen atoms in total. The summed E-state index contributed by atoms with van der Waals surface area (Å²) >= 11 is 12.8. The molecule has 1 aliphatic rings. The van der Waals surface area contributed by atoms with Gasteiger partial charge >= 0.3 is 0 Å². The van der Waals surface area contributed by atoms with Crippen LogP contribution in [0.2, 0.25) is 10.0 Å². The largest absolute Gasteiger partial charge is 0.483 e. The van der Waals surface area contributed by atoms with Crippen LogP contribution in [0.15, 0.2) is 47.4 Å². The van der Waals surface area contributed by atoms with Crippen LogP contribution in [0, 0.1) is 0 Å². The number of benzene rings is 2. The van der Waals surface area contributed by atoms with Crippen LogP contribution in [0.1, 0.15) is 11.1 Å². The number of nitrogens with two attached hydrogens (primary N) is 1. The number of ether oxygens (including phenoxy) is 1. The Balaban J connectivity index is 1.82. The molecule has 2 aromatic rings. The van der Waals surface area contributed by atoms with Gasteiger partial charge in [0, 0.05) is 15.6 Å². The van der Waals surface area contributed by atoms with Crippen molar-refractivity contribution in [2.24, 2.45) is 5.73 Å². The van der Waals surface area contributed by atoms with Crippen molar-refractivity contribution < 1.29 is 19.1 Å². The van der Waals surface area contributed by atoms with Gasteiger partial charge in [-0.25, -0.2) is 0 Å². The zero-order valence-corrected chi connectivity index (χ0v) is 16.7. The van der Waals surface area contributed by atoms with Crippen molar-refractivity contribution in [2.75, 3.05) is 6.61 Å². The van der Waals surface area contributed by atoms with Gasteiger partial charge in [-0.2, -0.15) is 0 Å². The van der Waals surface area contributed by atoms with Crippen molar-refractivity contribution in [3.8, 4) is 5.75 Å². The van der Waals surface area contributed by atoms with Gasteiger partial charge in [-0.3, -0.25) is 19.3 Å². The Hall–Kier alpha value is -2.48. The van der Waals surface area contributed by atoms with Crippen molar-refractivity contribution in [1.29, 1.82) is 0 Å². The number of carbonyl (C=O) groups excluding carboxylic acids is 3. The van der Waals surface area contributed by atoms with Crippen molar-refractivity contribution in [3.63, 3.8) is 0 Å². The van der Waals surface area contributed by atoms with Gasteiger partial charge < -0.3 is 10.5 Å². The van der Waals surface area contributed by atoms with Crippen LogP contribution in [0.3, 0.4) is 0 Å². The van der Waals surface area contributed by atoms with E-state index in [1.807, 2.05) is 0 Å². The summed E-state index contributed by atoms with van der Waals surface area (Å²) in [7, 11) is 0. The van der Waals surface area contributed by atoms with E-state index in [1.165, 1.54) is 0 Å². The van der Waals surface area contributed by atoms with E-state index in [2.05, 4.69) is 0 Å². The SMILES string of the molecule is NC(=O)COc1ccccc1C=C1SC(=O)N(Cc2ccc(Cl)cc2Cl)C1=O. The van der Waals surface area contributed by atoms with E-state index in [-0.39, 0.29) is 18.1 Å². The zero-order chi connectivity index (χ0) is 20.3. The Bertz CT molecular complexity index is 994. The van der Waals surface area contributed by atoms with Gasteiger partial charge in [0.25, 0.3) is 17.1 Å². The third-order valence-corrected chi connectivity index (χ3v) is 5.29. The van der Waals surface area contributed by atoms with Crippen LogP contribution in [-0.4, -0.2) is 28.6 Å². The highest BCUT2D eigenvalue weighted by Crippen LogP contribution is 2.35. The molecule has 0 bridgehead atoms. The summed E-state index contributed by atoms with van der Waals surface area (Å²) in [6.45, 7) is -0.251. The molecule has 0 aliphatic carbocycles. The predicted molar refractivity (Wildman–Crippen MR) is 109 cm³/mol. The quantitative estimate of drug-likeness (QED) is 0.688. The molecule has 9 heteroatoms. The minimum Gasteiger partial charge on any atom is -0.483 e. The Morgan fingerprint density at radius 1 is 1.18 bits per heavy atom. The first-order valence-corrected chi connectivity index (χ1v) is 9.62. The van der Waals surface area contributed by atoms with Gasteiger partial charge in [-0.1, -0.05) is 47.5 Å². The fraction of sp³-hybridized carbons (Fsp3) is 0.105. The van der Waals surface area contributed by atoms with Crippen molar-refractivity contribution in [2.45, 2.75) is 6.54 Å². The minimum atomic E-state index is -0.616. The van der Waals surface area contributed by atoms with Gasteiger partial charge in [0.1, 0.15) is 5.75 Å². The fourth-order valence-corrected chi connectivity index (χ4v) is 3.78. The molecular weight excluding hydrogens is 423 g/mol. The number of nitrogens with zero attached hydrogens (tertiary/aromatic N) is 1. The Morgan fingerprint density at radius 3 is 2.64 bits per heavy atom. The number of thioether (sulfide) groups is 1. The Labute approximate surface area is 175 Å². The topological polar surface area (TPSA) is 89.7 Å². The lowest BCUT2D eigenvalue weighted by Crippen LogP contribution is -2.27. The van der Waals surface area contributed by atoms with Crippen molar-refractivity contribution in [3.05, 3.63) is 68.5 Å². The lowest BCUT2D eigenvalue weighted by molar-refractivity contribution is -0.123. The van der Waals surface area contributed by atoms with E-state index in [0.29, 0.717) is 26.9 Å². The smallest absolute Gasteiger partial charge is 0.293 e. The van der Waals surface area contributed by atoms with Crippen LogP contribution < -0.4 is 10.5 Å². The third-order valence-electron chi connectivity index (χ3n) is 3.79. The highest BCUT2D eigenvalue weighted by molar-refractivity contribution is 8.18. The summed E-state index contributed by atoms with van der Waals surface area (Å²) in [5.41, 5.74) is 6.26. The second-order valence-electron chi connectivity index (χ2n) is 5.80. The van der Waals surface area contributed by atoms with E-state index in [9.17, 15) is 14.4 Å². The molecule has 3 rings (SSSR count). The molecular formula is C19H14Cl2N2O4S. The monoisotopic (exact) mass is 436 g/mol. The summed E-state index contributed by atoms with van der Waals surface area (Å²) in [5, 5.41) is 0.439. The number of hydrogen-bond donors (Lipinski definition) is 1. The third kappa shape index (κ3) is 4.67. The molecule has 1 saturated heterocycles. The number of amides is 3. The maximum atomic E-state index is 12.7. The molecule has 144 valence electrons. The summed E-state index contributed by atoms with van der Waals surface area (Å²) in [5.74, 6) is -0.672. The van der Waals surface area contributed by atoms with Crippen LogP contribution in [0.4, 0.5) is 4.79 Å². The molecule has 0 radical (unpaired) electrons. The van der Waals surface area contributed by atoms with Gasteiger partial charge in [-0.15, -0.1) is 0 Å². The lowest BCUT2D eigenvalue weighted by atomic mass is 10.1. The fourth-order valence-electron chi connectivity index (χ4n) is 2.48. The van der Waals surface area contributed by atoms with Crippen LogP contribution in [0.5, 0.6) is 5.75 Å². The van der Waals surface area contributed by atoms with Crippen molar-refractivity contribution in [1.82, 2.24) is 4.90 Å². The molecule has 2 aromatic carbocycles. The van der Waals surface area contributed by atoms with Crippen molar-refractivity contribution >= 4 is 58.1 Å². The molecule has 0 atom stereocenters. The number of para-hydroxylation sites is 1. The highest BCUT2D eigenvalue weighted by Gasteiger charge is 2.35. The predicted octanol–water partition coefficient (Wildman–Crippen LogP) is 4.09. The highest BCUT2D eigenvalue weighted by atomic mass is 35.5. The molecule has 1 fully saturated rings. The lowest BCUT2D eigenvalue weighted by Gasteiger charge is -2.13. The van der Waals surface area contributed by atoms with E-state index in [0.717, 1.165) is 16.7 Å². The van der Waals surface area contributed by atoms with E-state index >= 15 is 0 Å². The molecule has 3 amide bonds. The minimum absolute atomic E-state index is 0.0395. The number of rotatable bonds is 6. The first kappa shape index (κ1) is 20.3. The molecule has 2 N–H and O–H groups in total. The van der Waals surface area contributed by atoms with Crippen LogP contribution in [-0.2, 0) is 16.1 Å². The molecule has 1 aliphatic heterocycles. The van der Waals surface area contributed by atoms with Gasteiger partial charge in [0.05, 0.1) is 11.4 Å². The van der Waals surface area contributed by atoms with E-state index in [1.54, 1.807) is 48.5 Å². The van der Waals surface area contributed by atoms with E-state index in [4.69, 9.17) is 33.7 Å². The Kier molecular flexibility index (Phi) is 6.28. The molecule has 0 spiro atoms. The second kappa shape index (κ2) is 8.68. The normalized spacial score (nSPS) is 15.4. The number of primary amides is 1. The maximum absolute atomic E-state index is 12.7. The summed E-state index contributed by atoms with van der Waals surface area (Å²) < 4.78 is 5.35. The number of hydrogen-bond acceptors (Lipinski definition) is 5. The average Bonchev–Trinajstić information content (AvgIpc) is 2.90. The second-order valence-corrected chi connectivity index (χ2v) is 7.63. The standard InChI is InChI=1S/C19H14Cl2N2O4S/c20-13-6-5-12(14(21)8-13)9-23-18(25)16(28-19(23)26)7-11-3-1-2-4-15(11)27-10-17(22)24/h1-8H,9-10H2,(H2,22,24). The zero-order valence-electron chi connectivity index (χ0n) is 14.4. The van der Waals surface area contributed by atoms with Crippen LogP contribution in [0.25, 0.3) is 6.08 Å². The molecule has 0 unspecified atom stereocenters. The van der Waals surface area contributed by atoms with Gasteiger partial charge in [0.15, 0.2) is 6.61 Å². The first-order valence-electron chi connectivity index (χ1n) is 8.04. The molecule has 1 heterocycles. The van der Waals surface area contributed by atoms with Crippen LogP contribution >= 0.6 is 35.0 Å². The van der Waals surface area contributed by atoms with E-state index < -0.39 is 17.1 Å².